The number of para-hydroxylation sites is 1. The van der Waals surface area contributed by atoms with Crippen molar-refractivity contribution in [3.05, 3.63) is 40.8 Å². The fourth-order valence-corrected chi connectivity index (χ4v) is 8.25. The maximum absolute atomic E-state index is 14.2. The predicted molar refractivity (Wildman–Crippen MR) is 179 cm³/mol. The number of imidazole rings is 1. The molecule has 3 fully saturated rings. The van der Waals surface area contributed by atoms with Crippen LogP contribution in [0.3, 0.4) is 0 Å². The van der Waals surface area contributed by atoms with Crippen molar-refractivity contribution in [2.24, 2.45) is 17.0 Å². The number of aromatic nitrogens is 2. The molecule has 0 radical (unpaired) electrons. The van der Waals surface area contributed by atoms with Gasteiger partial charge in [0.1, 0.15) is 23.2 Å². The van der Waals surface area contributed by atoms with Gasteiger partial charge in [-0.3, -0.25) is 23.7 Å². The molecule has 5 atom stereocenters. The summed E-state index contributed by atoms with van der Waals surface area (Å²) >= 11 is 0. The van der Waals surface area contributed by atoms with Crippen molar-refractivity contribution in [1.29, 1.82) is 0 Å². The number of nitrogens with zero attached hydrogens (tertiary/aromatic N) is 6. The summed E-state index contributed by atoms with van der Waals surface area (Å²) in [6, 6.07) is 4.56. The lowest BCUT2D eigenvalue weighted by Crippen LogP contribution is -2.57. The second kappa shape index (κ2) is 12.7. The number of carbonyl (C=O) groups excluding carboxylic acids is 3. The fraction of sp³-hybridized carbons (Fsp3) is 0.636. The monoisotopic (exact) mass is 680 g/mol. The highest BCUT2D eigenvalue weighted by atomic mass is 32.2. The summed E-state index contributed by atoms with van der Waals surface area (Å²) in [4.78, 5) is 50.9. The summed E-state index contributed by atoms with van der Waals surface area (Å²) in [5.41, 5.74) is 9.19. The van der Waals surface area contributed by atoms with Crippen LogP contribution in [0.25, 0.3) is 21.5 Å². The maximum Gasteiger partial charge on any atom is 0.297 e. The Morgan fingerprint density at radius 2 is 2.00 bits per heavy atom. The highest BCUT2D eigenvalue weighted by Gasteiger charge is 2.63. The normalized spacial score (nSPS) is 29.5. The molecule has 0 spiro atoms. The number of benzene rings is 1. The second-order valence-corrected chi connectivity index (χ2v) is 16.5. The third kappa shape index (κ3) is 6.25. The molecule has 2 saturated carbocycles. The summed E-state index contributed by atoms with van der Waals surface area (Å²) in [7, 11) is -3.93. The van der Waals surface area contributed by atoms with Gasteiger partial charge in [0.05, 0.1) is 22.5 Å². The first-order valence-electron chi connectivity index (χ1n) is 16.9. The van der Waals surface area contributed by atoms with Gasteiger partial charge < -0.3 is 15.0 Å². The van der Waals surface area contributed by atoms with Crippen LogP contribution in [-0.4, -0.2) is 69.6 Å². The van der Waals surface area contributed by atoms with Gasteiger partial charge in [-0.2, -0.15) is 4.98 Å². The van der Waals surface area contributed by atoms with E-state index >= 15 is 0 Å². The fourth-order valence-electron chi connectivity index (χ4n) is 6.94. The van der Waals surface area contributed by atoms with Crippen LogP contribution in [0.4, 0.5) is 5.69 Å². The summed E-state index contributed by atoms with van der Waals surface area (Å²) < 4.78 is 35.7. The molecule has 2 N–H and O–H groups in total. The topological polar surface area (TPSA) is 188 Å². The van der Waals surface area contributed by atoms with E-state index in [-0.39, 0.29) is 49.2 Å². The van der Waals surface area contributed by atoms with Crippen LogP contribution in [0.5, 0.6) is 6.01 Å². The molecular formula is C33H44N8O6S. The molecule has 3 heterocycles. The highest BCUT2D eigenvalue weighted by molar-refractivity contribution is 7.91. The van der Waals surface area contributed by atoms with Crippen LogP contribution >= 0.6 is 0 Å². The van der Waals surface area contributed by atoms with Crippen LogP contribution in [0, 0.1) is 11.8 Å². The molecule has 4 aliphatic rings. The molecule has 48 heavy (non-hydrogen) atoms. The Bertz CT molecular complexity index is 1810. The average Bonchev–Trinajstić information content (AvgIpc) is 3.85. The van der Waals surface area contributed by atoms with Gasteiger partial charge in [0.2, 0.25) is 21.8 Å². The molecule has 6 rings (SSSR count). The first-order chi connectivity index (χ1) is 22.8. The molecule has 14 nitrogen and oxygen atoms in total. The van der Waals surface area contributed by atoms with E-state index in [1.54, 1.807) is 24.0 Å². The summed E-state index contributed by atoms with van der Waals surface area (Å²) in [6.45, 7) is 7.55. The van der Waals surface area contributed by atoms with Crippen molar-refractivity contribution in [2.75, 3.05) is 6.54 Å². The number of amides is 3. The lowest BCUT2D eigenvalue weighted by molar-refractivity contribution is -0.142. The zero-order valence-corrected chi connectivity index (χ0v) is 28.7. The van der Waals surface area contributed by atoms with Crippen LogP contribution in [0.2, 0.25) is 0 Å². The van der Waals surface area contributed by atoms with Crippen molar-refractivity contribution in [2.45, 2.75) is 114 Å². The van der Waals surface area contributed by atoms with E-state index in [0.717, 1.165) is 31.2 Å². The largest absolute Gasteiger partial charge is 0.459 e. The number of ether oxygens (including phenoxy) is 1. The molecule has 0 bridgehead atoms. The van der Waals surface area contributed by atoms with Gasteiger partial charge in [0, 0.05) is 29.2 Å². The maximum atomic E-state index is 14.2. The van der Waals surface area contributed by atoms with Gasteiger partial charge in [-0.1, -0.05) is 49.2 Å². The standard InChI is InChI=1S/C33H44N8O6S/c1-20(2)41-25-14-10-13-24(37-39-34)27(25)35-31(41)47-23-17-26-28(42)36-33(30(44)38-48(45,46)32(4)15-16-32)18-22(33)12-9-7-5-6-8-11-21(3)29(43)40(26)19-23/h9-10,12-14,20-23,26H,5-8,11,15-19H2,1-4H3,(H,36,42)(H,38,44)/b12-9-/t21-,22+,23+,26-,33+/m0/s1. The predicted octanol–water partition coefficient (Wildman–Crippen LogP) is 4.94. The molecule has 1 aromatic heterocycles. The number of azide groups is 1. The Hall–Kier alpha value is -4.10. The highest BCUT2D eigenvalue weighted by Crippen LogP contribution is 2.47. The molecular weight excluding hydrogens is 636 g/mol. The van der Waals surface area contributed by atoms with Crippen molar-refractivity contribution in [3.8, 4) is 6.01 Å². The number of sulfonamides is 1. The summed E-state index contributed by atoms with van der Waals surface area (Å²) in [5.74, 6) is -2.15. The SMILES string of the molecule is CC(C)n1c(O[C@@H]2C[C@H]3C(=O)N[C@]4(C(=O)NS(=O)(=O)C5(C)CC5)C[C@H]4/C=C\CCCCC[C@H](C)C(=O)N3C2)nc2c(N=[N+]=[N-])cccc21. The number of rotatable bonds is 7. The quantitative estimate of drug-likeness (QED) is 0.179. The molecule has 258 valence electrons. The van der Waals surface area contributed by atoms with Crippen molar-refractivity contribution < 1.29 is 27.5 Å². The number of allylic oxidation sites excluding steroid dienone is 1. The lowest BCUT2D eigenvalue weighted by atomic mass is 10.0. The molecule has 15 heteroatoms. The molecule has 1 saturated heterocycles. The third-order valence-electron chi connectivity index (χ3n) is 10.3. The van der Waals surface area contributed by atoms with E-state index in [2.05, 4.69) is 25.0 Å². The molecule has 2 aromatic rings. The Labute approximate surface area is 280 Å². The van der Waals surface area contributed by atoms with Gasteiger partial charge in [0.15, 0.2) is 0 Å². The minimum absolute atomic E-state index is 0.0736. The number of hydrogen-bond donors (Lipinski definition) is 2. The molecule has 2 aliphatic heterocycles. The van der Waals surface area contributed by atoms with E-state index < -0.39 is 44.3 Å². The smallest absolute Gasteiger partial charge is 0.297 e. The van der Waals surface area contributed by atoms with Crippen LogP contribution in [0.1, 0.15) is 91.5 Å². The first kappa shape index (κ1) is 33.8. The minimum atomic E-state index is -3.93. The number of nitrogens with one attached hydrogen (secondary N) is 2. The van der Waals surface area contributed by atoms with Gasteiger partial charge in [0.25, 0.3) is 11.9 Å². The third-order valence-corrected chi connectivity index (χ3v) is 12.5. The van der Waals surface area contributed by atoms with E-state index in [1.165, 1.54) is 0 Å². The van der Waals surface area contributed by atoms with Crippen molar-refractivity contribution in [3.63, 3.8) is 0 Å². The Morgan fingerprint density at radius 1 is 1.23 bits per heavy atom. The van der Waals surface area contributed by atoms with Crippen molar-refractivity contribution >= 4 is 44.5 Å². The summed E-state index contributed by atoms with van der Waals surface area (Å²) in [5, 5.41) is 6.69. The average molecular weight is 681 g/mol. The van der Waals surface area contributed by atoms with Gasteiger partial charge >= 0.3 is 0 Å². The Balaban J connectivity index is 1.30. The number of fused-ring (bicyclic) bond motifs is 3. The van der Waals surface area contributed by atoms with Gasteiger partial charge in [-0.15, -0.1) is 0 Å². The van der Waals surface area contributed by atoms with E-state index in [9.17, 15) is 22.8 Å². The van der Waals surface area contributed by atoms with E-state index in [1.807, 2.05) is 43.6 Å². The number of hydrogen-bond acceptors (Lipinski definition) is 8. The molecule has 3 amide bonds. The van der Waals surface area contributed by atoms with Crippen LogP contribution < -0.4 is 14.8 Å². The zero-order valence-electron chi connectivity index (χ0n) is 27.9. The lowest BCUT2D eigenvalue weighted by Gasteiger charge is -2.28. The minimum Gasteiger partial charge on any atom is -0.459 e. The van der Waals surface area contributed by atoms with Gasteiger partial charge in [-0.05, 0) is 70.9 Å². The Morgan fingerprint density at radius 3 is 2.71 bits per heavy atom. The summed E-state index contributed by atoms with van der Waals surface area (Å²) in [6.07, 6.45) is 8.81. The number of carbonyl (C=O) groups is 3. The molecule has 2 aliphatic carbocycles. The molecule has 0 unspecified atom stereocenters. The van der Waals surface area contributed by atoms with Crippen LogP contribution in [-0.2, 0) is 24.4 Å². The Kier molecular flexibility index (Phi) is 8.97. The van der Waals surface area contributed by atoms with E-state index in [4.69, 9.17) is 10.3 Å². The van der Waals surface area contributed by atoms with Crippen LogP contribution in [0.15, 0.2) is 35.5 Å². The zero-order chi connectivity index (χ0) is 34.4. The van der Waals surface area contributed by atoms with Crippen molar-refractivity contribution in [1.82, 2.24) is 24.5 Å². The first-order valence-corrected chi connectivity index (χ1v) is 18.4. The van der Waals surface area contributed by atoms with E-state index in [0.29, 0.717) is 30.5 Å². The second-order valence-electron chi connectivity index (χ2n) is 14.3. The van der Waals surface area contributed by atoms with Gasteiger partial charge in [-0.25, -0.2) is 8.42 Å². The molecule has 1 aromatic carbocycles.